The number of rotatable bonds is 16. The van der Waals surface area contributed by atoms with Crippen molar-refractivity contribution < 1.29 is 14.3 Å². The minimum Gasteiger partial charge on any atom is -0.390 e. The fourth-order valence-corrected chi connectivity index (χ4v) is 3.64. The maximum Gasteiger partial charge on any atom is 0.340 e. The van der Waals surface area contributed by atoms with E-state index in [4.69, 9.17) is 0 Å². The van der Waals surface area contributed by atoms with E-state index in [0.29, 0.717) is 6.42 Å². The van der Waals surface area contributed by atoms with Crippen molar-refractivity contribution in [3.8, 4) is 0 Å². The van der Waals surface area contributed by atoms with Crippen LogP contribution < -0.4 is 0 Å². The lowest BCUT2D eigenvalue weighted by Crippen LogP contribution is -2.12. The molecule has 0 atom stereocenters. The fraction of sp³-hybridized carbons (Fsp3) is 0.786. The predicted molar refractivity (Wildman–Crippen MR) is 133 cm³/mol. The Bertz CT molecular complexity index is 463. The lowest BCUT2D eigenvalue weighted by Gasteiger charge is -2.05. The lowest BCUT2D eigenvalue weighted by atomic mass is 10.0. The molecule has 1 rings (SSSR count). The molecular weight excluding hydrogens is 384 g/mol. The fourth-order valence-electron chi connectivity index (χ4n) is 3.64. The maximum absolute atomic E-state index is 11.4. The highest BCUT2D eigenvalue weighted by atomic mass is 16.6. The summed E-state index contributed by atoms with van der Waals surface area (Å²) in [7, 11) is 0. The Morgan fingerprint density at radius 2 is 1.13 bits per heavy atom. The van der Waals surface area contributed by atoms with Crippen molar-refractivity contribution >= 4 is 11.9 Å². The van der Waals surface area contributed by atoms with Crippen molar-refractivity contribution in [3.05, 3.63) is 24.3 Å². The second-order valence-corrected chi connectivity index (χ2v) is 9.00. The number of allylic oxidation sites excluding steroid dienone is 2. The molecule has 0 radical (unpaired) electrons. The van der Waals surface area contributed by atoms with Crippen molar-refractivity contribution in [3.63, 3.8) is 0 Å². The summed E-state index contributed by atoms with van der Waals surface area (Å²) in [6, 6.07) is 0. The Labute approximate surface area is 193 Å². The number of carbonyl (C=O) groups is 2. The van der Waals surface area contributed by atoms with Gasteiger partial charge in [0.2, 0.25) is 0 Å². The first kappa shape index (κ1) is 29.6. The third kappa shape index (κ3) is 23.1. The molecule has 31 heavy (non-hydrogen) atoms. The standard InChI is InChI=1S/C22H38O3.C6H12/c1-4-5-6-7-8-9-10-11-12-13-14-15-16-17-18-19-21(23)25-22(24)20(2)3;1-2-4-6-5-3-1/h11-12H,2,4-10,13-19H2,1,3H3;1-6H2. The molecule has 1 aliphatic carbocycles. The quantitative estimate of drug-likeness (QED) is 0.0800. The lowest BCUT2D eigenvalue weighted by molar-refractivity contribution is -0.156. The molecule has 0 amide bonds. The molecule has 1 aliphatic rings. The van der Waals surface area contributed by atoms with Crippen molar-refractivity contribution in [1.29, 1.82) is 0 Å². The Balaban J connectivity index is 0.00000127. The van der Waals surface area contributed by atoms with E-state index < -0.39 is 11.9 Å². The Kier molecular flexibility index (Phi) is 22.2. The van der Waals surface area contributed by atoms with Gasteiger partial charge in [-0.3, -0.25) is 4.79 Å². The van der Waals surface area contributed by atoms with E-state index in [9.17, 15) is 9.59 Å². The molecule has 0 bridgehead atoms. The van der Waals surface area contributed by atoms with Crippen molar-refractivity contribution in [2.45, 2.75) is 142 Å². The van der Waals surface area contributed by atoms with Crippen LogP contribution in [0.4, 0.5) is 0 Å². The minimum atomic E-state index is -0.613. The van der Waals surface area contributed by atoms with Gasteiger partial charge in [-0.1, -0.05) is 116 Å². The van der Waals surface area contributed by atoms with Crippen LogP contribution in [0.1, 0.15) is 142 Å². The van der Waals surface area contributed by atoms with Gasteiger partial charge in [0.25, 0.3) is 0 Å². The summed E-state index contributed by atoms with van der Waals surface area (Å²) in [6.07, 6.45) is 29.8. The van der Waals surface area contributed by atoms with Crippen LogP contribution in [0.15, 0.2) is 24.3 Å². The maximum atomic E-state index is 11.4. The molecule has 0 aromatic carbocycles. The second kappa shape index (κ2) is 23.3. The summed E-state index contributed by atoms with van der Waals surface area (Å²) in [4.78, 5) is 22.6. The first-order valence-electron chi connectivity index (χ1n) is 13.1. The van der Waals surface area contributed by atoms with Crippen molar-refractivity contribution in [2.75, 3.05) is 0 Å². The van der Waals surface area contributed by atoms with Gasteiger partial charge >= 0.3 is 11.9 Å². The normalized spacial score (nSPS) is 13.5. The van der Waals surface area contributed by atoms with E-state index in [1.165, 1.54) is 103 Å². The molecule has 0 aromatic rings. The van der Waals surface area contributed by atoms with Gasteiger partial charge in [-0.15, -0.1) is 0 Å². The van der Waals surface area contributed by atoms with Crippen LogP contribution in [0.25, 0.3) is 0 Å². The monoisotopic (exact) mass is 434 g/mol. The summed E-state index contributed by atoms with van der Waals surface area (Å²) in [6.45, 7) is 7.25. The zero-order valence-electron chi connectivity index (χ0n) is 20.7. The summed E-state index contributed by atoms with van der Waals surface area (Å²) in [5.41, 5.74) is 0.262. The number of hydrogen-bond donors (Lipinski definition) is 0. The molecule has 1 fully saturated rings. The van der Waals surface area contributed by atoms with Gasteiger partial charge in [-0.05, 0) is 39.0 Å². The second-order valence-electron chi connectivity index (χ2n) is 9.00. The third-order valence-electron chi connectivity index (χ3n) is 5.70. The smallest absolute Gasteiger partial charge is 0.340 e. The molecule has 0 saturated heterocycles. The van der Waals surface area contributed by atoms with Gasteiger partial charge in [-0.25, -0.2) is 4.79 Å². The van der Waals surface area contributed by atoms with Crippen LogP contribution in [0, 0.1) is 0 Å². The zero-order chi connectivity index (χ0) is 23.0. The minimum absolute atomic E-state index is 0.262. The first-order valence-corrected chi connectivity index (χ1v) is 13.1. The highest BCUT2D eigenvalue weighted by Gasteiger charge is 2.10. The van der Waals surface area contributed by atoms with E-state index in [1.54, 1.807) is 0 Å². The average Bonchev–Trinajstić information content (AvgIpc) is 2.78. The zero-order valence-corrected chi connectivity index (χ0v) is 20.7. The molecule has 1 saturated carbocycles. The summed E-state index contributed by atoms with van der Waals surface area (Å²) in [5, 5.41) is 0. The molecule has 0 spiro atoms. The third-order valence-corrected chi connectivity index (χ3v) is 5.70. The molecule has 180 valence electrons. The van der Waals surface area contributed by atoms with Gasteiger partial charge < -0.3 is 4.74 Å². The van der Waals surface area contributed by atoms with E-state index in [1.807, 2.05) is 0 Å². The highest BCUT2D eigenvalue weighted by Crippen LogP contribution is 2.15. The van der Waals surface area contributed by atoms with Gasteiger partial charge in [0.15, 0.2) is 0 Å². The van der Waals surface area contributed by atoms with Gasteiger partial charge in [0, 0.05) is 12.0 Å². The number of unbranched alkanes of at least 4 members (excludes halogenated alkanes) is 11. The van der Waals surface area contributed by atoms with E-state index in [2.05, 4.69) is 30.4 Å². The van der Waals surface area contributed by atoms with E-state index in [-0.39, 0.29) is 5.57 Å². The molecule has 3 heteroatoms. The number of ether oxygens (including phenoxy) is 1. The molecule has 0 heterocycles. The summed E-state index contributed by atoms with van der Waals surface area (Å²) < 4.78 is 4.64. The molecule has 0 N–H and O–H groups in total. The predicted octanol–water partition coefficient (Wildman–Crippen LogP) is 9.01. The first-order chi connectivity index (χ1) is 15.1. The van der Waals surface area contributed by atoms with Gasteiger partial charge in [0.05, 0.1) is 0 Å². The average molecular weight is 435 g/mol. The van der Waals surface area contributed by atoms with Gasteiger partial charge in [-0.2, -0.15) is 0 Å². The van der Waals surface area contributed by atoms with E-state index in [0.717, 1.165) is 25.7 Å². The Morgan fingerprint density at radius 1 is 0.710 bits per heavy atom. The molecule has 0 unspecified atom stereocenters. The van der Waals surface area contributed by atoms with Crippen LogP contribution in [0.2, 0.25) is 0 Å². The molecular formula is C28H50O3. The van der Waals surface area contributed by atoms with Gasteiger partial charge in [0.1, 0.15) is 0 Å². The van der Waals surface area contributed by atoms with Crippen LogP contribution in [0.5, 0.6) is 0 Å². The van der Waals surface area contributed by atoms with Crippen LogP contribution in [-0.2, 0) is 14.3 Å². The molecule has 0 aromatic heterocycles. The van der Waals surface area contributed by atoms with Crippen LogP contribution >= 0.6 is 0 Å². The van der Waals surface area contributed by atoms with Crippen molar-refractivity contribution in [1.82, 2.24) is 0 Å². The number of esters is 2. The SMILES string of the molecule is C1CCCCC1.C=C(C)C(=O)OC(=O)CCCCCCCC=CCCCCCCCC. The molecule has 0 aliphatic heterocycles. The topological polar surface area (TPSA) is 43.4 Å². The van der Waals surface area contributed by atoms with Crippen LogP contribution in [-0.4, -0.2) is 11.9 Å². The molecule has 3 nitrogen and oxygen atoms in total. The summed E-state index contributed by atoms with van der Waals surface area (Å²) in [5.74, 6) is -1.05. The number of carbonyl (C=O) groups excluding carboxylic acids is 2. The largest absolute Gasteiger partial charge is 0.390 e. The Morgan fingerprint density at radius 3 is 1.58 bits per heavy atom. The Hall–Kier alpha value is -1.38. The highest BCUT2D eigenvalue weighted by molar-refractivity contribution is 5.95. The number of hydrogen-bond acceptors (Lipinski definition) is 3. The van der Waals surface area contributed by atoms with Crippen molar-refractivity contribution in [2.24, 2.45) is 0 Å². The van der Waals surface area contributed by atoms with Crippen LogP contribution in [0.3, 0.4) is 0 Å². The van der Waals surface area contributed by atoms with E-state index >= 15 is 0 Å². The summed E-state index contributed by atoms with van der Waals surface area (Å²) >= 11 is 0.